The summed E-state index contributed by atoms with van der Waals surface area (Å²) < 4.78 is 5.44. The number of nitrogens with two attached hydrogens (primary N) is 1. The Morgan fingerprint density at radius 3 is 2.76 bits per heavy atom. The Balaban J connectivity index is 2.00. The first kappa shape index (κ1) is 15.1. The highest BCUT2D eigenvalue weighted by Gasteiger charge is 2.11. The molecular formula is C15H20N4O2. The molecule has 0 bridgehead atoms. The summed E-state index contributed by atoms with van der Waals surface area (Å²) in [5.41, 5.74) is 7.14. The summed E-state index contributed by atoms with van der Waals surface area (Å²) in [5.74, 6) is 0.828. The third-order valence-corrected chi connectivity index (χ3v) is 2.94. The third kappa shape index (κ3) is 4.06. The molecule has 0 radical (unpaired) electrons. The zero-order valence-corrected chi connectivity index (χ0v) is 12.0. The van der Waals surface area contributed by atoms with Gasteiger partial charge in [0.15, 0.2) is 5.82 Å². The van der Waals surface area contributed by atoms with E-state index in [-0.39, 0.29) is 0 Å². The van der Waals surface area contributed by atoms with E-state index in [0.717, 1.165) is 12.0 Å². The molecule has 1 unspecified atom stereocenters. The number of aromatic nitrogens is 2. The van der Waals surface area contributed by atoms with Gasteiger partial charge in [-0.05, 0) is 12.0 Å². The van der Waals surface area contributed by atoms with Crippen molar-refractivity contribution in [2.45, 2.75) is 19.4 Å². The molecule has 112 valence electrons. The second-order valence-electron chi connectivity index (χ2n) is 4.60. The first-order chi connectivity index (χ1) is 10.2. The maximum atomic E-state index is 10.1. The molecule has 0 saturated carbocycles. The molecule has 0 aliphatic rings. The average Bonchev–Trinajstić information content (AvgIpc) is 2.53. The molecule has 2 aromatic rings. The van der Waals surface area contributed by atoms with Crippen LogP contribution in [0.5, 0.6) is 5.88 Å². The smallest absolute Gasteiger partial charge is 0.242 e. The van der Waals surface area contributed by atoms with Crippen LogP contribution in [0, 0.1) is 0 Å². The largest absolute Gasteiger partial charge is 0.476 e. The van der Waals surface area contributed by atoms with Gasteiger partial charge in [-0.15, -0.1) is 0 Å². The molecule has 1 aromatic carbocycles. The lowest BCUT2D eigenvalue weighted by atomic mass is 10.1. The number of aliphatic hydroxyl groups is 1. The number of hydrogen-bond donors (Lipinski definition) is 3. The summed E-state index contributed by atoms with van der Waals surface area (Å²) in [7, 11) is 0. The molecule has 0 amide bonds. The van der Waals surface area contributed by atoms with Crippen molar-refractivity contribution >= 4 is 11.5 Å². The van der Waals surface area contributed by atoms with Crippen LogP contribution >= 0.6 is 0 Å². The Kier molecular flexibility index (Phi) is 5.34. The van der Waals surface area contributed by atoms with Crippen molar-refractivity contribution in [1.82, 2.24) is 9.97 Å². The fraction of sp³-hybridized carbons (Fsp3) is 0.333. The lowest BCUT2D eigenvalue weighted by Crippen LogP contribution is -2.15. The number of ether oxygens (including phenoxy) is 1. The number of nitrogens with one attached hydrogen (secondary N) is 1. The predicted molar refractivity (Wildman–Crippen MR) is 82.1 cm³/mol. The Morgan fingerprint density at radius 1 is 1.29 bits per heavy atom. The van der Waals surface area contributed by atoms with E-state index in [9.17, 15) is 5.11 Å². The second-order valence-corrected chi connectivity index (χ2v) is 4.60. The maximum Gasteiger partial charge on any atom is 0.242 e. The molecule has 0 aliphatic carbocycles. The fourth-order valence-corrected chi connectivity index (χ4v) is 1.82. The van der Waals surface area contributed by atoms with Crippen molar-refractivity contribution in [3.05, 3.63) is 42.2 Å². The second kappa shape index (κ2) is 7.44. The zero-order valence-electron chi connectivity index (χ0n) is 12.0. The molecule has 0 aliphatic heterocycles. The van der Waals surface area contributed by atoms with Crippen LogP contribution in [-0.2, 0) is 0 Å². The summed E-state index contributed by atoms with van der Waals surface area (Å²) in [6, 6.07) is 9.41. The number of nitrogens with zero attached hydrogens (tertiary/aromatic N) is 2. The van der Waals surface area contributed by atoms with Crippen molar-refractivity contribution in [1.29, 1.82) is 0 Å². The molecule has 1 atom stereocenters. The van der Waals surface area contributed by atoms with Crippen LogP contribution in [0.3, 0.4) is 0 Å². The summed E-state index contributed by atoms with van der Waals surface area (Å²) in [4.78, 5) is 8.08. The SMILES string of the molecule is CCCOc1ncnc(NCC(O)c2ccccc2)c1N. The van der Waals surface area contributed by atoms with Gasteiger partial charge in [-0.25, -0.2) is 4.98 Å². The van der Waals surface area contributed by atoms with Crippen LogP contribution in [0.15, 0.2) is 36.7 Å². The Morgan fingerprint density at radius 2 is 2.05 bits per heavy atom. The average molecular weight is 288 g/mol. The summed E-state index contributed by atoms with van der Waals surface area (Å²) in [5, 5.41) is 13.1. The quantitative estimate of drug-likeness (QED) is 0.721. The van der Waals surface area contributed by atoms with Crippen molar-refractivity contribution in [3.63, 3.8) is 0 Å². The monoisotopic (exact) mass is 288 g/mol. The predicted octanol–water partition coefficient (Wildman–Crippen LogP) is 1.99. The highest BCUT2D eigenvalue weighted by Crippen LogP contribution is 2.25. The number of aliphatic hydroxyl groups excluding tert-OH is 1. The van der Waals surface area contributed by atoms with Crippen LogP contribution in [-0.4, -0.2) is 28.2 Å². The van der Waals surface area contributed by atoms with Crippen LogP contribution < -0.4 is 15.8 Å². The number of anilines is 2. The fourth-order valence-electron chi connectivity index (χ4n) is 1.82. The zero-order chi connectivity index (χ0) is 15.1. The van der Waals surface area contributed by atoms with Gasteiger partial charge in [0, 0.05) is 6.54 Å². The molecule has 0 saturated heterocycles. The van der Waals surface area contributed by atoms with E-state index in [0.29, 0.717) is 30.5 Å². The van der Waals surface area contributed by atoms with E-state index in [1.807, 2.05) is 37.3 Å². The Labute approximate surface area is 124 Å². The molecule has 0 fully saturated rings. The number of nitrogen functional groups attached to an aromatic ring is 1. The highest BCUT2D eigenvalue weighted by atomic mass is 16.5. The van der Waals surface area contributed by atoms with E-state index in [1.165, 1.54) is 6.33 Å². The third-order valence-electron chi connectivity index (χ3n) is 2.94. The summed E-state index contributed by atoms with van der Waals surface area (Å²) in [6.45, 7) is 2.86. The van der Waals surface area contributed by atoms with Gasteiger partial charge in [0.1, 0.15) is 12.0 Å². The lowest BCUT2D eigenvalue weighted by molar-refractivity contribution is 0.191. The van der Waals surface area contributed by atoms with Gasteiger partial charge in [0.05, 0.1) is 12.7 Å². The van der Waals surface area contributed by atoms with E-state index in [2.05, 4.69) is 15.3 Å². The van der Waals surface area contributed by atoms with E-state index in [4.69, 9.17) is 10.5 Å². The number of rotatable bonds is 7. The summed E-state index contributed by atoms with van der Waals surface area (Å²) in [6.07, 6.45) is 1.62. The minimum absolute atomic E-state index is 0.304. The van der Waals surface area contributed by atoms with Gasteiger partial charge in [-0.2, -0.15) is 4.98 Å². The molecule has 21 heavy (non-hydrogen) atoms. The van der Waals surface area contributed by atoms with Crippen LogP contribution in [0.25, 0.3) is 0 Å². The molecular weight excluding hydrogens is 268 g/mol. The first-order valence-electron chi connectivity index (χ1n) is 6.92. The standard InChI is InChI=1S/C15H20N4O2/c1-2-8-21-15-13(16)14(18-10-19-15)17-9-12(20)11-6-4-3-5-7-11/h3-7,10,12,20H,2,8-9,16H2,1H3,(H,17,18,19). The van der Waals surface area contributed by atoms with Gasteiger partial charge in [-0.3, -0.25) is 0 Å². The topological polar surface area (TPSA) is 93.3 Å². The van der Waals surface area contributed by atoms with Gasteiger partial charge < -0.3 is 20.9 Å². The molecule has 1 aromatic heterocycles. The first-order valence-corrected chi connectivity index (χ1v) is 6.92. The van der Waals surface area contributed by atoms with Crippen LogP contribution in [0.2, 0.25) is 0 Å². The summed E-state index contributed by atoms with van der Waals surface area (Å²) >= 11 is 0. The molecule has 2 rings (SSSR count). The van der Waals surface area contributed by atoms with Crippen LogP contribution in [0.4, 0.5) is 11.5 Å². The molecule has 0 spiro atoms. The van der Waals surface area contributed by atoms with Gasteiger partial charge in [0.25, 0.3) is 0 Å². The van der Waals surface area contributed by atoms with Crippen molar-refractivity contribution in [2.75, 3.05) is 24.2 Å². The Hall–Kier alpha value is -2.34. The van der Waals surface area contributed by atoms with E-state index in [1.54, 1.807) is 0 Å². The van der Waals surface area contributed by atoms with E-state index >= 15 is 0 Å². The Bertz CT molecular complexity index is 563. The van der Waals surface area contributed by atoms with Gasteiger partial charge in [-0.1, -0.05) is 37.3 Å². The maximum absolute atomic E-state index is 10.1. The normalized spacial score (nSPS) is 11.9. The molecule has 1 heterocycles. The van der Waals surface area contributed by atoms with Crippen molar-refractivity contribution in [3.8, 4) is 5.88 Å². The molecule has 6 nitrogen and oxygen atoms in total. The number of benzene rings is 1. The van der Waals surface area contributed by atoms with Gasteiger partial charge >= 0.3 is 0 Å². The van der Waals surface area contributed by atoms with Crippen LogP contribution in [0.1, 0.15) is 25.0 Å². The van der Waals surface area contributed by atoms with Gasteiger partial charge in [0.2, 0.25) is 5.88 Å². The van der Waals surface area contributed by atoms with Crippen molar-refractivity contribution in [2.24, 2.45) is 0 Å². The number of hydrogen-bond acceptors (Lipinski definition) is 6. The van der Waals surface area contributed by atoms with Crippen molar-refractivity contribution < 1.29 is 9.84 Å². The minimum Gasteiger partial charge on any atom is -0.476 e. The van der Waals surface area contributed by atoms with E-state index < -0.39 is 6.10 Å². The molecule has 6 heteroatoms. The lowest BCUT2D eigenvalue weighted by Gasteiger charge is -2.14. The molecule has 4 N–H and O–H groups in total. The minimum atomic E-state index is -0.638. The highest BCUT2D eigenvalue weighted by molar-refractivity contribution is 5.66.